The smallest absolute Gasteiger partial charge is 0.332 e. The molecule has 1 N–H and O–H groups in total. The van der Waals surface area contributed by atoms with Gasteiger partial charge in [-0.1, -0.05) is 13.3 Å². The summed E-state index contributed by atoms with van der Waals surface area (Å²) in [4.78, 5) is 34.5. The van der Waals surface area contributed by atoms with Gasteiger partial charge in [0.05, 0.1) is 0 Å². The molecular formula is C16H27N5O2. The number of aryl methyl sites for hydroxylation is 2. The number of aromatic amines is 1. The van der Waals surface area contributed by atoms with Crippen LogP contribution in [-0.4, -0.2) is 44.1 Å². The van der Waals surface area contributed by atoms with Gasteiger partial charge < -0.3 is 9.88 Å². The number of H-pyrrole nitrogens is 1. The zero-order chi connectivity index (χ0) is 17.1. The van der Waals surface area contributed by atoms with Gasteiger partial charge in [-0.25, -0.2) is 9.78 Å². The minimum absolute atomic E-state index is 0.268. The highest BCUT2D eigenvalue weighted by Gasteiger charge is 2.14. The molecule has 2 rings (SSSR count). The molecule has 2 aromatic heterocycles. The summed E-state index contributed by atoms with van der Waals surface area (Å²) in [6.07, 6.45) is 3.54. The van der Waals surface area contributed by atoms with E-state index >= 15 is 0 Å². The molecule has 0 aliphatic heterocycles. The first-order valence-corrected chi connectivity index (χ1v) is 8.21. The summed E-state index contributed by atoms with van der Waals surface area (Å²) in [5, 5.41) is 0. The minimum Gasteiger partial charge on any atom is -0.336 e. The number of nitrogens with one attached hydrogen (secondary N) is 1. The highest BCUT2D eigenvalue weighted by molar-refractivity contribution is 5.69. The van der Waals surface area contributed by atoms with Crippen molar-refractivity contribution in [2.24, 2.45) is 7.05 Å². The maximum absolute atomic E-state index is 12.5. The van der Waals surface area contributed by atoms with Gasteiger partial charge in [0.15, 0.2) is 5.65 Å². The lowest BCUT2D eigenvalue weighted by molar-refractivity contribution is 0.290. The molecule has 0 saturated heterocycles. The predicted octanol–water partition coefficient (Wildman–Crippen LogP) is 1.11. The second-order valence-corrected chi connectivity index (χ2v) is 6.34. The fourth-order valence-electron chi connectivity index (χ4n) is 2.63. The van der Waals surface area contributed by atoms with Crippen LogP contribution in [0.3, 0.4) is 0 Å². The molecule has 2 heterocycles. The monoisotopic (exact) mass is 321 g/mol. The van der Waals surface area contributed by atoms with Gasteiger partial charge >= 0.3 is 5.69 Å². The summed E-state index contributed by atoms with van der Waals surface area (Å²) < 4.78 is 2.77. The Labute approximate surface area is 135 Å². The first-order chi connectivity index (χ1) is 10.9. The van der Waals surface area contributed by atoms with Crippen LogP contribution < -0.4 is 11.2 Å². The summed E-state index contributed by atoms with van der Waals surface area (Å²) in [5.74, 6) is 0.727. The first kappa shape index (κ1) is 17.5. The molecule has 0 aromatic carbocycles. The van der Waals surface area contributed by atoms with E-state index in [1.165, 1.54) is 9.13 Å². The Morgan fingerprint density at radius 2 is 1.96 bits per heavy atom. The average molecular weight is 321 g/mol. The van der Waals surface area contributed by atoms with Gasteiger partial charge in [-0.15, -0.1) is 0 Å². The number of imidazole rings is 1. The van der Waals surface area contributed by atoms with Gasteiger partial charge in [0.1, 0.15) is 11.3 Å². The van der Waals surface area contributed by atoms with Gasteiger partial charge in [-0.2, -0.15) is 0 Å². The Kier molecular flexibility index (Phi) is 5.41. The van der Waals surface area contributed by atoms with Crippen molar-refractivity contribution in [1.29, 1.82) is 0 Å². The molecule has 0 saturated carbocycles. The van der Waals surface area contributed by atoms with Crippen molar-refractivity contribution in [3.63, 3.8) is 0 Å². The van der Waals surface area contributed by atoms with Crippen molar-refractivity contribution < 1.29 is 0 Å². The van der Waals surface area contributed by atoms with Crippen LogP contribution in [0.2, 0.25) is 0 Å². The van der Waals surface area contributed by atoms with Crippen LogP contribution >= 0.6 is 0 Å². The molecule has 23 heavy (non-hydrogen) atoms. The largest absolute Gasteiger partial charge is 0.336 e. The third kappa shape index (κ3) is 3.55. The third-order valence-electron chi connectivity index (χ3n) is 4.50. The van der Waals surface area contributed by atoms with E-state index in [4.69, 9.17) is 0 Å². The molecule has 0 aliphatic carbocycles. The van der Waals surface area contributed by atoms with Gasteiger partial charge in [0.2, 0.25) is 0 Å². The molecule has 2 aromatic rings. The lowest BCUT2D eigenvalue weighted by Gasteiger charge is -2.19. The number of nitrogens with zero attached hydrogens (tertiary/aromatic N) is 4. The molecule has 0 radical (unpaired) electrons. The normalized spacial score (nSPS) is 13.1. The van der Waals surface area contributed by atoms with Gasteiger partial charge in [-0.05, 0) is 33.9 Å². The fraction of sp³-hybridized carbons (Fsp3) is 0.688. The molecule has 0 amide bonds. The van der Waals surface area contributed by atoms with Gasteiger partial charge in [0, 0.05) is 26.1 Å². The number of hydrogen-bond donors (Lipinski definition) is 1. The van der Waals surface area contributed by atoms with Crippen LogP contribution in [0.5, 0.6) is 0 Å². The Morgan fingerprint density at radius 1 is 1.26 bits per heavy atom. The van der Waals surface area contributed by atoms with Crippen molar-refractivity contribution in [2.45, 2.75) is 52.1 Å². The van der Waals surface area contributed by atoms with Crippen LogP contribution in [0.1, 0.15) is 38.9 Å². The number of aromatic nitrogens is 4. The molecule has 0 aliphatic rings. The van der Waals surface area contributed by atoms with Crippen molar-refractivity contribution in [3.8, 4) is 0 Å². The summed E-state index contributed by atoms with van der Waals surface area (Å²) in [6, 6.07) is 0.497. The zero-order valence-electron chi connectivity index (χ0n) is 14.7. The maximum Gasteiger partial charge on any atom is 0.332 e. The quantitative estimate of drug-likeness (QED) is 0.775. The lowest BCUT2D eigenvalue weighted by atomic mass is 10.1. The molecule has 0 unspecified atom stereocenters. The lowest BCUT2D eigenvalue weighted by Crippen LogP contribution is -2.39. The van der Waals surface area contributed by atoms with E-state index in [0.29, 0.717) is 30.2 Å². The number of hydrogen-bond acceptors (Lipinski definition) is 4. The van der Waals surface area contributed by atoms with E-state index in [2.05, 4.69) is 35.9 Å². The van der Waals surface area contributed by atoms with E-state index < -0.39 is 0 Å². The molecule has 7 heteroatoms. The summed E-state index contributed by atoms with van der Waals surface area (Å²) in [7, 11) is 5.78. The summed E-state index contributed by atoms with van der Waals surface area (Å²) in [6.45, 7) is 4.58. The van der Waals surface area contributed by atoms with Crippen molar-refractivity contribution in [1.82, 2.24) is 24.0 Å². The Balaban J connectivity index is 2.21. The molecule has 0 spiro atoms. The second kappa shape index (κ2) is 7.12. The molecule has 7 nitrogen and oxygen atoms in total. The average Bonchev–Trinajstić information content (AvgIpc) is 2.96. The van der Waals surface area contributed by atoms with Crippen LogP contribution in [-0.2, 0) is 20.0 Å². The Morgan fingerprint density at radius 3 is 2.57 bits per heavy atom. The minimum atomic E-state index is -0.294. The summed E-state index contributed by atoms with van der Waals surface area (Å²) >= 11 is 0. The number of fused-ring (bicyclic) bond motifs is 1. The van der Waals surface area contributed by atoms with Crippen LogP contribution in [0, 0.1) is 0 Å². The zero-order valence-corrected chi connectivity index (χ0v) is 14.7. The number of rotatable bonds is 7. The van der Waals surface area contributed by atoms with E-state index in [0.717, 1.165) is 25.1 Å². The van der Waals surface area contributed by atoms with Crippen molar-refractivity contribution >= 4 is 11.2 Å². The van der Waals surface area contributed by atoms with Crippen LogP contribution in [0.15, 0.2) is 9.59 Å². The molecule has 128 valence electrons. The first-order valence-electron chi connectivity index (χ1n) is 8.21. The predicted molar refractivity (Wildman–Crippen MR) is 92.0 cm³/mol. The molecule has 0 fully saturated rings. The second-order valence-electron chi connectivity index (χ2n) is 6.34. The molecule has 0 bridgehead atoms. The van der Waals surface area contributed by atoms with Crippen LogP contribution in [0.25, 0.3) is 11.2 Å². The van der Waals surface area contributed by atoms with Crippen molar-refractivity contribution in [2.75, 3.05) is 14.1 Å². The van der Waals surface area contributed by atoms with E-state index in [-0.39, 0.29) is 11.2 Å². The van der Waals surface area contributed by atoms with Gasteiger partial charge in [-0.3, -0.25) is 13.9 Å². The molecular weight excluding hydrogens is 294 g/mol. The number of unbranched alkanes of at least 4 members (excludes halogenated alkanes) is 1. The van der Waals surface area contributed by atoms with E-state index in [1.807, 2.05) is 6.92 Å². The van der Waals surface area contributed by atoms with Crippen LogP contribution in [0.4, 0.5) is 0 Å². The van der Waals surface area contributed by atoms with E-state index in [1.54, 1.807) is 7.05 Å². The Hall–Kier alpha value is -1.89. The van der Waals surface area contributed by atoms with E-state index in [9.17, 15) is 9.59 Å². The summed E-state index contributed by atoms with van der Waals surface area (Å²) in [5.41, 5.74) is 0.299. The highest BCUT2D eigenvalue weighted by atomic mass is 16.2. The van der Waals surface area contributed by atoms with Gasteiger partial charge in [0.25, 0.3) is 5.56 Å². The topological polar surface area (TPSA) is 75.9 Å². The standard InChI is InChI=1S/C16H27N5O2/c1-6-12-17-13-14(18-12)20(5)16(23)21(15(13)22)10-8-7-9-11(2)19(3)4/h11H,6-10H2,1-5H3,(H,17,18)/t11-/m1/s1. The SMILES string of the molecule is CCc1nc2c([nH]1)c(=O)n(CCCC[C@@H](C)N(C)C)c(=O)n2C. The third-order valence-corrected chi connectivity index (χ3v) is 4.50. The van der Waals surface area contributed by atoms with Crippen molar-refractivity contribution in [3.05, 3.63) is 26.7 Å². The maximum atomic E-state index is 12.5. The molecule has 1 atom stereocenters. The highest BCUT2D eigenvalue weighted by Crippen LogP contribution is 2.07. The Bertz CT molecular complexity index is 784. The fourth-order valence-corrected chi connectivity index (χ4v) is 2.63.